The van der Waals surface area contributed by atoms with Crippen molar-refractivity contribution in [1.82, 2.24) is 19.6 Å². The summed E-state index contributed by atoms with van der Waals surface area (Å²) in [6.07, 6.45) is 0.311. The summed E-state index contributed by atoms with van der Waals surface area (Å²) in [4.78, 5) is 29.2. The Labute approximate surface area is 150 Å². The van der Waals surface area contributed by atoms with E-state index in [1.165, 1.54) is 11.1 Å². The average molecular weight is 385 g/mol. The molecule has 1 N–H and O–H groups in total. The van der Waals surface area contributed by atoms with E-state index in [2.05, 4.69) is 10.3 Å². The molecule has 0 atom stereocenters. The molecule has 0 saturated carbocycles. The standard InChI is InChI=1S/C16H12ClF3N4O2/c17-13-12(15(26)23-4-3-21-11(25)7-23)22-14-10(16(18,19)20)5-9(6-24(13)14)8-1-2-8/h1-2,5-6,8H,3-4,7H2,(H,21,25). The second-order valence-corrected chi connectivity index (χ2v) is 6.48. The van der Waals surface area contributed by atoms with Crippen molar-refractivity contribution in [2.24, 2.45) is 0 Å². The molecule has 3 heterocycles. The van der Waals surface area contributed by atoms with E-state index in [1.807, 2.05) is 0 Å². The number of piperazine rings is 1. The SMILES string of the molecule is O=C1CN(C(=O)c2nc3c(C(F)(F)F)cc(C4C=C4)cn3c2Cl)CCN1. The highest BCUT2D eigenvalue weighted by atomic mass is 35.5. The molecule has 2 aromatic rings. The maximum absolute atomic E-state index is 13.5. The minimum Gasteiger partial charge on any atom is -0.353 e. The number of allylic oxidation sites excluding steroid dienone is 2. The Balaban J connectivity index is 1.83. The topological polar surface area (TPSA) is 66.7 Å². The van der Waals surface area contributed by atoms with Gasteiger partial charge in [0.1, 0.15) is 5.15 Å². The van der Waals surface area contributed by atoms with Gasteiger partial charge < -0.3 is 10.2 Å². The molecule has 1 aliphatic heterocycles. The Morgan fingerprint density at radius 1 is 1.35 bits per heavy atom. The highest BCUT2D eigenvalue weighted by molar-refractivity contribution is 6.33. The molecule has 4 rings (SSSR count). The molecule has 1 aliphatic carbocycles. The Bertz CT molecular complexity index is 961. The van der Waals surface area contributed by atoms with Gasteiger partial charge in [-0.25, -0.2) is 4.98 Å². The Kier molecular flexibility index (Phi) is 3.72. The van der Waals surface area contributed by atoms with E-state index >= 15 is 0 Å². The summed E-state index contributed by atoms with van der Waals surface area (Å²) in [7, 11) is 0. The number of hydrogen-bond acceptors (Lipinski definition) is 3. The lowest BCUT2D eigenvalue weighted by Crippen LogP contribution is -2.50. The van der Waals surface area contributed by atoms with E-state index in [1.54, 1.807) is 12.2 Å². The number of alkyl halides is 3. The number of amides is 2. The van der Waals surface area contributed by atoms with E-state index in [-0.39, 0.29) is 42.3 Å². The zero-order valence-corrected chi connectivity index (χ0v) is 13.9. The number of hydrogen-bond donors (Lipinski definition) is 1. The van der Waals surface area contributed by atoms with Crippen molar-refractivity contribution in [2.45, 2.75) is 12.1 Å². The Morgan fingerprint density at radius 2 is 2.08 bits per heavy atom. The second-order valence-electron chi connectivity index (χ2n) is 6.12. The molecule has 2 aliphatic rings. The molecule has 136 valence electrons. The lowest BCUT2D eigenvalue weighted by molar-refractivity contribution is -0.136. The van der Waals surface area contributed by atoms with Crippen LogP contribution in [-0.2, 0) is 11.0 Å². The number of carbonyl (C=O) groups is 2. The number of imidazole rings is 1. The van der Waals surface area contributed by atoms with Crippen LogP contribution in [0, 0.1) is 0 Å². The molecule has 1 fully saturated rings. The molecular formula is C16H12ClF3N4O2. The number of fused-ring (bicyclic) bond motifs is 1. The van der Waals surface area contributed by atoms with Crippen LogP contribution in [0.2, 0.25) is 5.15 Å². The van der Waals surface area contributed by atoms with Gasteiger partial charge in [-0.05, 0) is 11.6 Å². The zero-order chi connectivity index (χ0) is 18.6. The minimum absolute atomic E-state index is 0.177. The summed E-state index contributed by atoms with van der Waals surface area (Å²) in [5, 5.41) is 2.36. The number of halogens is 4. The molecule has 0 bridgehead atoms. The molecule has 1 saturated heterocycles. The van der Waals surface area contributed by atoms with Gasteiger partial charge >= 0.3 is 6.18 Å². The molecule has 2 amide bonds. The second kappa shape index (κ2) is 5.73. The molecule has 0 spiro atoms. The van der Waals surface area contributed by atoms with Crippen molar-refractivity contribution in [2.75, 3.05) is 19.6 Å². The maximum atomic E-state index is 13.5. The molecular weight excluding hydrogens is 373 g/mol. The number of nitrogens with zero attached hydrogens (tertiary/aromatic N) is 3. The van der Waals surface area contributed by atoms with Gasteiger partial charge in [0.25, 0.3) is 5.91 Å². The van der Waals surface area contributed by atoms with Crippen LogP contribution in [0.25, 0.3) is 5.65 Å². The number of nitrogens with one attached hydrogen (secondary N) is 1. The van der Waals surface area contributed by atoms with Crippen molar-refractivity contribution in [3.05, 3.63) is 46.4 Å². The van der Waals surface area contributed by atoms with Gasteiger partial charge in [-0.2, -0.15) is 13.2 Å². The minimum atomic E-state index is -4.65. The number of aromatic nitrogens is 2. The van der Waals surface area contributed by atoms with Gasteiger partial charge in [0.05, 0.1) is 12.1 Å². The van der Waals surface area contributed by atoms with Crippen molar-refractivity contribution in [3.63, 3.8) is 0 Å². The van der Waals surface area contributed by atoms with Crippen LogP contribution in [0.4, 0.5) is 13.2 Å². The van der Waals surface area contributed by atoms with Crippen LogP contribution in [-0.4, -0.2) is 45.7 Å². The first-order valence-electron chi connectivity index (χ1n) is 7.78. The average Bonchev–Trinajstić information content (AvgIpc) is 3.37. The molecule has 0 radical (unpaired) electrons. The summed E-state index contributed by atoms with van der Waals surface area (Å²) in [5.41, 5.74) is -1.27. The molecule has 10 heteroatoms. The zero-order valence-electron chi connectivity index (χ0n) is 13.2. The maximum Gasteiger partial charge on any atom is 0.419 e. The van der Waals surface area contributed by atoms with Crippen LogP contribution in [0.15, 0.2) is 24.4 Å². The van der Waals surface area contributed by atoms with Crippen LogP contribution >= 0.6 is 11.6 Å². The van der Waals surface area contributed by atoms with E-state index in [0.29, 0.717) is 5.56 Å². The van der Waals surface area contributed by atoms with Gasteiger partial charge in [0.2, 0.25) is 5.91 Å². The van der Waals surface area contributed by atoms with Gasteiger partial charge in [-0.3, -0.25) is 14.0 Å². The van der Waals surface area contributed by atoms with Gasteiger partial charge in [-0.15, -0.1) is 0 Å². The molecule has 26 heavy (non-hydrogen) atoms. The molecule has 2 aromatic heterocycles. The van der Waals surface area contributed by atoms with Crippen LogP contribution in [0.3, 0.4) is 0 Å². The lowest BCUT2D eigenvalue weighted by atomic mass is 10.1. The van der Waals surface area contributed by atoms with Crippen molar-refractivity contribution in [1.29, 1.82) is 0 Å². The van der Waals surface area contributed by atoms with Crippen LogP contribution in [0.5, 0.6) is 0 Å². The van der Waals surface area contributed by atoms with E-state index < -0.39 is 23.3 Å². The van der Waals surface area contributed by atoms with Gasteiger partial charge in [0, 0.05) is 25.2 Å². The molecule has 0 aromatic carbocycles. The first-order valence-corrected chi connectivity index (χ1v) is 8.16. The van der Waals surface area contributed by atoms with E-state index in [0.717, 1.165) is 10.5 Å². The highest BCUT2D eigenvalue weighted by Gasteiger charge is 2.37. The lowest BCUT2D eigenvalue weighted by Gasteiger charge is -2.25. The third-order valence-corrected chi connectivity index (χ3v) is 4.65. The fourth-order valence-electron chi connectivity index (χ4n) is 2.90. The quantitative estimate of drug-likeness (QED) is 0.807. The largest absolute Gasteiger partial charge is 0.419 e. The fraction of sp³-hybridized carbons (Fsp3) is 0.312. The Hall–Kier alpha value is -2.55. The van der Waals surface area contributed by atoms with Crippen LogP contribution in [0.1, 0.15) is 27.5 Å². The summed E-state index contributed by atoms with van der Waals surface area (Å²) in [5.74, 6) is -1.20. The van der Waals surface area contributed by atoms with Crippen molar-refractivity contribution >= 4 is 29.1 Å². The first kappa shape index (κ1) is 16.9. The summed E-state index contributed by atoms with van der Waals surface area (Å²) < 4.78 is 41.5. The first-order chi connectivity index (χ1) is 12.3. The highest BCUT2D eigenvalue weighted by Crippen LogP contribution is 2.38. The normalized spacial score (nSPS) is 17.7. The third-order valence-electron chi connectivity index (χ3n) is 4.29. The summed E-state index contributed by atoms with van der Waals surface area (Å²) >= 11 is 6.19. The predicted molar refractivity (Wildman–Crippen MR) is 86.0 cm³/mol. The van der Waals surface area contributed by atoms with E-state index in [9.17, 15) is 22.8 Å². The monoisotopic (exact) mass is 384 g/mol. The fourth-order valence-corrected chi connectivity index (χ4v) is 3.16. The summed E-state index contributed by atoms with van der Waals surface area (Å²) in [6.45, 7) is 0.311. The number of rotatable bonds is 2. The van der Waals surface area contributed by atoms with Gasteiger partial charge in [0.15, 0.2) is 11.3 Å². The predicted octanol–water partition coefficient (Wildman–Crippen LogP) is 2.23. The number of carbonyl (C=O) groups excluding carboxylic acids is 2. The molecule has 6 nitrogen and oxygen atoms in total. The summed E-state index contributed by atoms with van der Waals surface area (Å²) in [6, 6.07) is 1.02. The van der Waals surface area contributed by atoms with Gasteiger partial charge in [-0.1, -0.05) is 23.8 Å². The van der Waals surface area contributed by atoms with Crippen LogP contribution < -0.4 is 5.32 Å². The molecule has 0 unspecified atom stereocenters. The number of pyridine rings is 1. The van der Waals surface area contributed by atoms with Crippen molar-refractivity contribution < 1.29 is 22.8 Å². The smallest absolute Gasteiger partial charge is 0.353 e. The Morgan fingerprint density at radius 3 is 2.69 bits per heavy atom. The third kappa shape index (κ3) is 2.82. The van der Waals surface area contributed by atoms with Crippen molar-refractivity contribution in [3.8, 4) is 0 Å². The van der Waals surface area contributed by atoms with E-state index in [4.69, 9.17) is 11.6 Å².